The molecule has 114 heavy (non-hydrogen) atoms. The van der Waals surface area contributed by atoms with Gasteiger partial charge < -0.3 is 38.6 Å². The maximum Gasteiger partial charge on any atom is 0.417 e. The number of aliphatic hydroxyl groups excluding tert-OH is 3. The molecule has 3 N–H and O–H groups in total. The predicted octanol–water partition coefficient (Wildman–Crippen LogP) is 12.6. The topological polar surface area (TPSA) is 195 Å². The van der Waals surface area contributed by atoms with Gasteiger partial charge in [0.1, 0.15) is 53.4 Å². The Bertz CT molecular complexity index is 5910. The summed E-state index contributed by atoms with van der Waals surface area (Å²) in [6.07, 6.45) is 5.56. The van der Waals surface area contributed by atoms with Crippen LogP contribution in [0.5, 0.6) is 0 Å². The minimum Gasteiger partial charge on any atom is -0.440 e. The summed E-state index contributed by atoms with van der Waals surface area (Å²) in [6, 6.07) is 44.3. The second kappa shape index (κ2) is 48.8. The number of Topliss-reactive ketones (excluding diaryl/α,β-unsaturated/α-hetero) is 1. The Labute approximate surface area is 670 Å². The van der Waals surface area contributed by atoms with E-state index >= 15 is 0 Å². The molecular formula is C100H75N3O11. The van der Waals surface area contributed by atoms with Gasteiger partial charge in [-0.1, -0.05) is 178 Å². The number of carbonyl (C=O) groups is 3. The molecule has 5 atom stereocenters. The summed E-state index contributed by atoms with van der Waals surface area (Å²) in [5, 5.41) is 39.4. The molecule has 0 radical (unpaired) electrons. The predicted molar refractivity (Wildman–Crippen MR) is 440 cm³/mol. The van der Waals surface area contributed by atoms with Gasteiger partial charge in [-0.2, -0.15) is 0 Å². The summed E-state index contributed by atoms with van der Waals surface area (Å²) in [5.41, 5.74) is 5.06. The van der Waals surface area contributed by atoms with E-state index in [2.05, 4.69) is 292 Å². The van der Waals surface area contributed by atoms with Crippen LogP contribution in [-0.4, -0.2) is 71.7 Å². The van der Waals surface area contributed by atoms with Crippen molar-refractivity contribution in [3.63, 3.8) is 0 Å². The number of rotatable bonds is 20. The van der Waals surface area contributed by atoms with Crippen molar-refractivity contribution >= 4 is 17.8 Å². The number of carbonyl (C=O) groups excluding carboxylic acids is 3. The van der Waals surface area contributed by atoms with E-state index in [1.54, 1.807) is 40.7 Å². The summed E-state index contributed by atoms with van der Waals surface area (Å²) in [7, 11) is 0. The number of imide groups is 1. The molecule has 5 aromatic carbocycles. The van der Waals surface area contributed by atoms with Crippen LogP contribution in [0.2, 0.25) is 0 Å². The Morgan fingerprint density at radius 3 is 1.07 bits per heavy atom. The Kier molecular flexibility index (Phi) is 38.2. The van der Waals surface area contributed by atoms with Gasteiger partial charge in [0.2, 0.25) is 0 Å². The first-order valence-electron chi connectivity index (χ1n) is 34.8. The third-order valence-electron chi connectivity index (χ3n) is 15.8. The van der Waals surface area contributed by atoms with Gasteiger partial charge in [0, 0.05) is 131 Å². The number of aryl methyl sites for hydroxylation is 4. The molecule has 1 aliphatic heterocycles. The molecule has 0 aliphatic carbocycles. The van der Waals surface area contributed by atoms with Crippen molar-refractivity contribution < 1.29 is 53.0 Å². The van der Waals surface area contributed by atoms with Crippen molar-refractivity contribution in [2.24, 2.45) is 0 Å². The van der Waals surface area contributed by atoms with Gasteiger partial charge in [-0.15, -0.1) is 6.42 Å². The zero-order valence-corrected chi connectivity index (χ0v) is 63.5. The zero-order valence-electron chi connectivity index (χ0n) is 63.5. The molecule has 8 rings (SSSR count). The average molecular weight is 1490 g/mol. The van der Waals surface area contributed by atoms with Gasteiger partial charge in [-0.05, 0) is 206 Å². The summed E-state index contributed by atoms with van der Waals surface area (Å²) in [6.45, 7) is 15.2. The van der Waals surface area contributed by atoms with E-state index in [4.69, 9.17) is 29.7 Å². The first-order valence-corrected chi connectivity index (χ1v) is 34.8. The van der Waals surface area contributed by atoms with Gasteiger partial charge in [-0.25, -0.2) is 9.69 Å². The van der Waals surface area contributed by atoms with E-state index in [9.17, 15) is 29.7 Å². The molecule has 0 unspecified atom stereocenters. The van der Waals surface area contributed by atoms with Crippen LogP contribution in [0.4, 0.5) is 4.79 Å². The fourth-order valence-electron chi connectivity index (χ4n) is 10.2. The normalized spacial score (nSPS) is 12.1. The number of cyclic esters (lactones) is 1. The SMILES string of the molecule is C.C#CC#CC#CC#CC#CC#CC#CC#CC#CC#CC#CC#CC#CC#CC#CC#CC#CC#CC#CC.CCCc1ccc(-c2ccc(CO[C@](C)(C(=O)CO)[C@@H](O)c3cc(C)on3)cc2)cc1.CCCc1ccc(-c2ccc(CO[C@](C)(C(=O)N3C(=O)OC(C)(C)[C@@H]3c3ccccc3)[C@@H](O)c3cc(C)on3)cc2)cc1. The summed E-state index contributed by atoms with van der Waals surface area (Å²) >= 11 is 0. The number of aromatic nitrogens is 2. The number of benzene rings is 5. The highest BCUT2D eigenvalue weighted by Crippen LogP contribution is 2.45. The number of hydrogen-bond acceptors (Lipinski definition) is 13. The van der Waals surface area contributed by atoms with Crippen molar-refractivity contribution in [2.75, 3.05) is 6.61 Å². The minimum absolute atomic E-state index is 0. The lowest BCUT2D eigenvalue weighted by molar-refractivity contribution is -0.175. The first kappa shape index (κ1) is 89.2. The van der Waals surface area contributed by atoms with Crippen molar-refractivity contribution in [3.8, 4) is 248 Å². The van der Waals surface area contributed by atoms with Crippen molar-refractivity contribution in [3.05, 3.63) is 190 Å². The first-order chi connectivity index (χ1) is 54.8. The van der Waals surface area contributed by atoms with Gasteiger partial charge >= 0.3 is 6.09 Å². The number of ketones is 1. The molecule has 1 fully saturated rings. The number of hydrogen-bond donors (Lipinski definition) is 3. The van der Waals surface area contributed by atoms with Crippen LogP contribution in [0, 0.1) is 239 Å². The number of nitrogens with zero attached hydrogens (tertiary/aromatic N) is 3. The van der Waals surface area contributed by atoms with Gasteiger partial charge in [0.25, 0.3) is 5.91 Å². The molecule has 0 saturated carbocycles. The number of amides is 2. The maximum atomic E-state index is 14.4. The maximum absolute atomic E-state index is 14.4. The van der Waals surface area contributed by atoms with Crippen LogP contribution in [0.3, 0.4) is 0 Å². The van der Waals surface area contributed by atoms with E-state index in [1.165, 1.54) is 31.0 Å². The second-order valence-electron chi connectivity index (χ2n) is 24.4. The molecule has 0 spiro atoms. The van der Waals surface area contributed by atoms with Crippen molar-refractivity contribution in [1.82, 2.24) is 15.2 Å². The standard InChI is InChI=1S/C39H4.C35H38N2O6.C25H29NO5.CH4/c1-3-5-7-9-11-13-15-17-19-21-23-25-27-29-31-33-35-37-39-38-36-34-32-30-28-26-24-22-20-18-16-14-12-10-8-6-4-2;1-6-10-24-13-17-26(18-14-24)27-19-15-25(16-20-27)22-41-35(5,31(38)29-21-23(2)43-36-29)32(39)37-30(28-11-8-7-9-12-28)34(3,4)42-33(37)40;1-4-5-18-6-10-20(11-7-18)21-12-8-19(9-13-21)16-30-25(3,23(28)15-27)24(29)22-14-17(2)31-26-22;/h1H,2H3;7-9,11-21,30-31,38H,6,10,22H2,1-5H3;6-14,24,27,29H,4-5,15-16H2,1-3H3;1H4/t;30-,31-,35-;24-,25+;/m.00./s1. The van der Waals surface area contributed by atoms with Crippen molar-refractivity contribution in [2.45, 2.75) is 144 Å². The second-order valence-corrected chi connectivity index (χ2v) is 24.4. The fraction of sp³-hybridized carbons (Fsp3) is 0.230. The largest absolute Gasteiger partial charge is 0.440 e. The zero-order chi connectivity index (χ0) is 81.4. The monoisotopic (exact) mass is 1490 g/mol. The summed E-state index contributed by atoms with van der Waals surface area (Å²) < 4.78 is 28.0. The number of ether oxygens (including phenoxy) is 3. The van der Waals surface area contributed by atoms with Crippen LogP contribution >= 0.6 is 0 Å². The molecule has 2 aromatic heterocycles. The Balaban J connectivity index is 0.000000308. The van der Waals surface area contributed by atoms with E-state index in [0.29, 0.717) is 11.5 Å². The Hall–Kier alpha value is -15.4. The third-order valence-corrected chi connectivity index (χ3v) is 15.8. The average Bonchev–Trinajstić information content (AvgIpc) is 1.58. The number of terminal acetylenes is 1. The van der Waals surface area contributed by atoms with Gasteiger partial charge in [-0.3, -0.25) is 9.59 Å². The fourth-order valence-corrected chi connectivity index (χ4v) is 10.2. The molecule has 556 valence electrons. The minimum atomic E-state index is -1.91. The molecule has 14 nitrogen and oxygen atoms in total. The lowest BCUT2D eigenvalue weighted by atomic mass is 9.88. The van der Waals surface area contributed by atoms with Crippen LogP contribution in [-0.2, 0) is 49.9 Å². The quantitative estimate of drug-likeness (QED) is 0.0611. The van der Waals surface area contributed by atoms with E-state index in [-0.39, 0.29) is 32.0 Å². The van der Waals surface area contributed by atoms with Crippen molar-refractivity contribution in [1.29, 1.82) is 0 Å². The molecule has 1 aliphatic rings. The molecule has 2 amide bonds. The van der Waals surface area contributed by atoms with Crippen LogP contribution < -0.4 is 0 Å². The van der Waals surface area contributed by atoms with Gasteiger partial charge in [0.15, 0.2) is 17.0 Å². The molecule has 0 bridgehead atoms. The Morgan fingerprint density at radius 2 is 0.781 bits per heavy atom. The summed E-state index contributed by atoms with van der Waals surface area (Å²) in [5.74, 6) is 91.5. The lowest BCUT2D eigenvalue weighted by Crippen LogP contribution is -2.54. The van der Waals surface area contributed by atoms with E-state index < -0.39 is 59.4 Å². The van der Waals surface area contributed by atoms with E-state index in [0.717, 1.165) is 69.5 Å². The third kappa shape index (κ3) is 29.3. The van der Waals surface area contributed by atoms with E-state index in [1.807, 2.05) is 78.9 Å². The van der Waals surface area contributed by atoms with Crippen LogP contribution in [0.1, 0.15) is 138 Å². The molecular weight excluding hydrogens is 1420 g/mol. The molecule has 14 heteroatoms. The molecule has 3 heterocycles. The lowest BCUT2D eigenvalue weighted by Gasteiger charge is -2.37. The molecule has 7 aromatic rings. The Morgan fingerprint density at radius 1 is 0.482 bits per heavy atom. The highest BCUT2D eigenvalue weighted by atomic mass is 16.6. The smallest absolute Gasteiger partial charge is 0.417 e. The number of aliphatic hydroxyl groups is 3. The highest BCUT2D eigenvalue weighted by Gasteiger charge is 2.58. The van der Waals surface area contributed by atoms with Crippen LogP contribution in [0.25, 0.3) is 22.3 Å². The highest BCUT2D eigenvalue weighted by molar-refractivity contribution is 5.99. The van der Waals surface area contributed by atoms with Crippen LogP contribution in [0.15, 0.2) is 149 Å². The van der Waals surface area contributed by atoms with Gasteiger partial charge in [0.05, 0.1) is 13.2 Å². The summed E-state index contributed by atoms with van der Waals surface area (Å²) in [4.78, 5) is 41.1. The molecule has 1 saturated heterocycles.